The largest absolute Gasteiger partial charge is 0.481 e. The third-order valence-electron chi connectivity index (χ3n) is 4.47. The van der Waals surface area contributed by atoms with Crippen LogP contribution < -0.4 is 15.5 Å². The molecule has 1 saturated heterocycles. The minimum absolute atomic E-state index is 0.114. The molecule has 0 bridgehead atoms. The highest BCUT2D eigenvalue weighted by Gasteiger charge is 2.16. The summed E-state index contributed by atoms with van der Waals surface area (Å²) in [6, 6.07) is 7.01. The average Bonchev–Trinajstić information content (AvgIpc) is 3.14. The number of urea groups is 1. The van der Waals surface area contributed by atoms with Gasteiger partial charge in [-0.2, -0.15) is 0 Å². The zero-order valence-electron chi connectivity index (χ0n) is 15.9. The molecule has 0 radical (unpaired) electrons. The van der Waals surface area contributed by atoms with E-state index in [1.165, 1.54) is 24.8 Å². The Morgan fingerprint density at radius 1 is 1.26 bits per heavy atom. The van der Waals surface area contributed by atoms with E-state index in [4.69, 9.17) is 5.11 Å². The smallest absolute Gasteiger partial charge is 0.317 e. The van der Waals surface area contributed by atoms with E-state index in [1.807, 2.05) is 24.3 Å². The van der Waals surface area contributed by atoms with Crippen LogP contribution in [0.1, 0.15) is 32.6 Å². The number of rotatable bonds is 8. The highest BCUT2D eigenvalue weighted by molar-refractivity contribution is 5.92. The lowest BCUT2D eigenvalue weighted by Gasteiger charge is -2.21. The zero-order chi connectivity index (χ0) is 19.8. The van der Waals surface area contributed by atoms with Crippen LogP contribution in [0.2, 0.25) is 0 Å². The third kappa shape index (κ3) is 6.80. The second kappa shape index (κ2) is 9.80. The van der Waals surface area contributed by atoms with Crippen LogP contribution in [0.25, 0.3) is 0 Å². The standard InChI is InChI=1S/C19H28N4O4/c1-14(20-19(27)22(2)11-8-18(25)26)12-17(24)21-15-6-5-7-16(13-15)23-9-3-4-10-23/h5-7,13-14H,3-4,8-12H2,1-2H3,(H,20,27)(H,21,24)(H,25,26). The number of carboxylic acid groups (broad SMARTS) is 1. The number of benzene rings is 1. The van der Waals surface area contributed by atoms with Crippen LogP contribution in [-0.4, -0.2) is 60.6 Å². The minimum Gasteiger partial charge on any atom is -0.481 e. The van der Waals surface area contributed by atoms with E-state index in [1.54, 1.807) is 6.92 Å². The lowest BCUT2D eigenvalue weighted by Crippen LogP contribution is -2.43. The first kappa shape index (κ1) is 20.5. The summed E-state index contributed by atoms with van der Waals surface area (Å²) >= 11 is 0. The number of carbonyl (C=O) groups excluding carboxylic acids is 2. The second-order valence-electron chi connectivity index (χ2n) is 6.91. The van der Waals surface area contributed by atoms with Gasteiger partial charge >= 0.3 is 12.0 Å². The molecule has 2 rings (SSSR count). The Kier molecular flexibility index (Phi) is 7.45. The molecule has 3 N–H and O–H groups in total. The SMILES string of the molecule is CC(CC(=O)Nc1cccc(N2CCCC2)c1)NC(=O)N(C)CCC(=O)O. The Balaban J connectivity index is 1.80. The second-order valence-corrected chi connectivity index (χ2v) is 6.91. The molecule has 148 valence electrons. The van der Waals surface area contributed by atoms with E-state index in [0.29, 0.717) is 0 Å². The number of hydrogen-bond donors (Lipinski definition) is 3. The molecule has 1 fully saturated rings. The minimum atomic E-state index is -0.960. The van der Waals surface area contributed by atoms with Crippen molar-refractivity contribution in [3.05, 3.63) is 24.3 Å². The van der Waals surface area contributed by atoms with Crippen molar-refractivity contribution in [3.8, 4) is 0 Å². The lowest BCUT2D eigenvalue weighted by molar-refractivity contribution is -0.137. The van der Waals surface area contributed by atoms with E-state index in [9.17, 15) is 14.4 Å². The summed E-state index contributed by atoms with van der Waals surface area (Å²) < 4.78 is 0. The Morgan fingerprint density at radius 3 is 2.63 bits per heavy atom. The first-order valence-corrected chi connectivity index (χ1v) is 9.23. The quantitative estimate of drug-likeness (QED) is 0.645. The first-order valence-electron chi connectivity index (χ1n) is 9.23. The van der Waals surface area contributed by atoms with Crippen LogP contribution in [0.4, 0.5) is 16.2 Å². The number of carbonyl (C=O) groups is 3. The molecule has 1 atom stereocenters. The molecule has 1 aliphatic rings. The molecule has 27 heavy (non-hydrogen) atoms. The summed E-state index contributed by atoms with van der Waals surface area (Å²) in [4.78, 5) is 38.4. The van der Waals surface area contributed by atoms with Crippen molar-refractivity contribution >= 4 is 29.3 Å². The molecule has 1 heterocycles. The highest BCUT2D eigenvalue weighted by Crippen LogP contribution is 2.23. The van der Waals surface area contributed by atoms with Gasteiger partial charge in [-0.25, -0.2) is 4.79 Å². The summed E-state index contributed by atoms with van der Waals surface area (Å²) in [7, 11) is 1.52. The molecular formula is C19H28N4O4. The Bertz CT molecular complexity index is 673. The first-order chi connectivity index (χ1) is 12.8. The van der Waals surface area contributed by atoms with E-state index in [-0.39, 0.29) is 31.3 Å². The van der Waals surface area contributed by atoms with Crippen LogP contribution in [0.15, 0.2) is 24.3 Å². The van der Waals surface area contributed by atoms with Gasteiger partial charge in [0.1, 0.15) is 0 Å². The molecule has 1 aliphatic heterocycles. The van der Waals surface area contributed by atoms with Crippen molar-refractivity contribution in [1.82, 2.24) is 10.2 Å². The monoisotopic (exact) mass is 376 g/mol. The number of nitrogens with zero attached hydrogens (tertiary/aromatic N) is 2. The van der Waals surface area contributed by atoms with Crippen molar-refractivity contribution in [3.63, 3.8) is 0 Å². The number of aliphatic carboxylic acids is 1. The van der Waals surface area contributed by atoms with Crippen molar-refractivity contribution < 1.29 is 19.5 Å². The number of nitrogens with one attached hydrogen (secondary N) is 2. The third-order valence-corrected chi connectivity index (χ3v) is 4.47. The van der Waals surface area contributed by atoms with E-state index >= 15 is 0 Å². The maximum atomic E-state index is 12.3. The van der Waals surface area contributed by atoms with Gasteiger partial charge in [0, 0.05) is 50.5 Å². The molecule has 1 aromatic rings. The molecular weight excluding hydrogens is 348 g/mol. The van der Waals surface area contributed by atoms with Crippen LogP contribution in [0.3, 0.4) is 0 Å². The molecule has 8 heteroatoms. The zero-order valence-corrected chi connectivity index (χ0v) is 15.9. The van der Waals surface area contributed by atoms with Crippen LogP contribution in [-0.2, 0) is 9.59 Å². The van der Waals surface area contributed by atoms with Gasteiger partial charge < -0.3 is 25.5 Å². The molecule has 8 nitrogen and oxygen atoms in total. The van der Waals surface area contributed by atoms with Crippen molar-refractivity contribution in [2.45, 2.75) is 38.6 Å². The topological polar surface area (TPSA) is 102 Å². The molecule has 0 saturated carbocycles. The van der Waals surface area contributed by atoms with Gasteiger partial charge in [-0.05, 0) is 38.0 Å². The molecule has 0 aliphatic carbocycles. The fourth-order valence-corrected chi connectivity index (χ4v) is 2.98. The number of hydrogen-bond acceptors (Lipinski definition) is 4. The Hall–Kier alpha value is -2.77. The molecule has 1 unspecified atom stereocenters. The van der Waals surface area contributed by atoms with Gasteiger partial charge in [-0.15, -0.1) is 0 Å². The molecule has 0 spiro atoms. The lowest BCUT2D eigenvalue weighted by atomic mass is 10.2. The number of amides is 3. The number of anilines is 2. The van der Waals surface area contributed by atoms with Crippen LogP contribution in [0.5, 0.6) is 0 Å². The summed E-state index contributed by atoms with van der Waals surface area (Å²) in [6.07, 6.45) is 2.39. The van der Waals surface area contributed by atoms with Gasteiger partial charge in [0.25, 0.3) is 0 Å². The van der Waals surface area contributed by atoms with E-state index in [2.05, 4.69) is 15.5 Å². The summed E-state index contributed by atoms with van der Waals surface area (Å²) in [5.41, 5.74) is 1.84. The fourth-order valence-electron chi connectivity index (χ4n) is 2.98. The molecule has 0 aromatic heterocycles. The summed E-state index contributed by atoms with van der Waals surface area (Å²) in [5, 5.41) is 14.2. The Labute approximate surface area is 159 Å². The van der Waals surface area contributed by atoms with Crippen molar-refractivity contribution in [1.29, 1.82) is 0 Å². The molecule has 3 amide bonds. The van der Waals surface area contributed by atoms with E-state index < -0.39 is 12.0 Å². The predicted molar refractivity (Wildman–Crippen MR) is 104 cm³/mol. The van der Waals surface area contributed by atoms with Gasteiger partial charge in [-0.1, -0.05) is 6.07 Å². The summed E-state index contributed by atoms with van der Waals surface area (Å²) in [6.45, 7) is 3.93. The van der Waals surface area contributed by atoms with Gasteiger partial charge in [-0.3, -0.25) is 9.59 Å². The molecule has 1 aromatic carbocycles. The van der Waals surface area contributed by atoms with Crippen LogP contribution in [0, 0.1) is 0 Å². The van der Waals surface area contributed by atoms with Crippen molar-refractivity contribution in [2.75, 3.05) is 36.9 Å². The maximum Gasteiger partial charge on any atom is 0.317 e. The van der Waals surface area contributed by atoms with Gasteiger partial charge in [0.2, 0.25) is 5.91 Å². The fraction of sp³-hybridized carbons (Fsp3) is 0.526. The van der Waals surface area contributed by atoms with Gasteiger partial charge in [0.15, 0.2) is 0 Å². The Morgan fingerprint density at radius 2 is 1.96 bits per heavy atom. The van der Waals surface area contributed by atoms with Crippen LogP contribution >= 0.6 is 0 Å². The maximum absolute atomic E-state index is 12.3. The summed E-state index contributed by atoms with van der Waals surface area (Å²) in [5.74, 6) is -1.15. The predicted octanol–water partition coefficient (Wildman–Crippen LogP) is 2.12. The van der Waals surface area contributed by atoms with E-state index in [0.717, 1.165) is 24.5 Å². The highest BCUT2D eigenvalue weighted by atomic mass is 16.4. The van der Waals surface area contributed by atoms with Crippen molar-refractivity contribution in [2.24, 2.45) is 0 Å². The average molecular weight is 376 g/mol. The number of carboxylic acids is 1. The van der Waals surface area contributed by atoms with Gasteiger partial charge in [0.05, 0.1) is 6.42 Å². The normalized spacial score (nSPS) is 14.5.